The average Bonchev–Trinajstić information content (AvgIpc) is 2.80. The lowest BCUT2D eigenvalue weighted by molar-refractivity contribution is -0.132. The predicted octanol–water partition coefficient (Wildman–Crippen LogP) is 3.78. The summed E-state index contributed by atoms with van der Waals surface area (Å²) in [6, 6.07) is 12.5. The molecule has 0 saturated carbocycles. The molecule has 2 aromatic heterocycles. The molecule has 1 saturated heterocycles. The third-order valence-corrected chi connectivity index (χ3v) is 6.33. The molecule has 0 atom stereocenters. The Balaban J connectivity index is 1.28. The molecule has 1 amide bonds. The van der Waals surface area contributed by atoms with Crippen LogP contribution in [-0.2, 0) is 17.8 Å². The number of aryl methyl sites for hydroxylation is 2. The molecule has 0 radical (unpaired) electrons. The largest absolute Gasteiger partial charge is 0.347 e. The van der Waals surface area contributed by atoms with E-state index in [0.29, 0.717) is 37.7 Å². The smallest absolute Gasteiger partial charge is 0.343 e. The monoisotopic (exact) mass is 448 g/mol. The van der Waals surface area contributed by atoms with Gasteiger partial charge in [-0.25, -0.2) is 9.18 Å². The quantitative estimate of drug-likeness (QED) is 0.576. The number of benzene rings is 1. The Labute approximate surface area is 193 Å². The molecule has 0 N–H and O–H groups in total. The van der Waals surface area contributed by atoms with E-state index in [9.17, 15) is 14.0 Å². The van der Waals surface area contributed by atoms with Crippen molar-refractivity contribution >= 4 is 5.91 Å². The Kier molecular flexibility index (Phi) is 6.96. The van der Waals surface area contributed by atoms with Crippen molar-refractivity contribution < 1.29 is 9.18 Å². The first kappa shape index (κ1) is 22.8. The molecular formula is C26H29FN4O2. The lowest BCUT2D eigenvalue weighted by atomic mass is 9.92. The number of amides is 1. The van der Waals surface area contributed by atoms with Crippen LogP contribution < -0.4 is 5.69 Å². The van der Waals surface area contributed by atoms with Crippen molar-refractivity contribution in [3.8, 4) is 0 Å². The Bertz CT molecular complexity index is 1160. The van der Waals surface area contributed by atoms with Gasteiger partial charge in [0.05, 0.1) is 0 Å². The Morgan fingerprint density at radius 3 is 2.39 bits per heavy atom. The summed E-state index contributed by atoms with van der Waals surface area (Å²) in [5.41, 5.74) is 4.42. The van der Waals surface area contributed by atoms with E-state index >= 15 is 0 Å². The lowest BCUT2D eigenvalue weighted by Crippen LogP contribution is -2.39. The number of piperidine rings is 1. The third-order valence-electron chi connectivity index (χ3n) is 6.33. The zero-order valence-corrected chi connectivity index (χ0v) is 19.1. The van der Waals surface area contributed by atoms with Crippen molar-refractivity contribution in [2.45, 2.75) is 52.0 Å². The van der Waals surface area contributed by atoms with E-state index in [2.05, 4.69) is 22.1 Å². The van der Waals surface area contributed by atoms with Gasteiger partial charge in [0.1, 0.15) is 5.82 Å². The molecule has 33 heavy (non-hydrogen) atoms. The molecule has 1 aliphatic heterocycles. The van der Waals surface area contributed by atoms with Crippen LogP contribution in [-0.4, -0.2) is 38.4 Å². The van der Waals surface area contributed by atoms with E-state index < -0.39 is 0 Å². The van der Waals surface area contributed by atoms with Gasteiger partial charge in [0.15, 0.2) is 0 Å². The number of halogens is 1. The SMILES string of the molecule is Cc1cc(C)n(CCC(=O)N2CCC(c3ccc(Cc4ccc(F)cc4)cn3)CC2)c(=O)n1. The van der Waals surface area contributed by atoms with Gasteiger partial charge in [-0.2, -0.15) is 4.98 Å². The number of rotatable bonds is 6. The molecular weight excluding hydrogens is 419 g/mol. The van der Waals surface area contributed by atoms with Crippen molar-refractivity contribution in [2.75, 3.05) is 13.1 Å². The zero-order chi connectivity index (χ0) is 23.4. The number of hydrogen-bond acceptors (Lipinski definition) is 4. The maximum atomic E-state index is 13.1. The Hall–Kier alpha value is -3.35. The van der Waals surface area contributed by atoms with Crippen LogP contribution in [0.5, 0.6) is 0 Å². The molecule has 1 aromatic carbocycles. The second kappa shape index (κ2) is 10.1. The summed E-state index contributed by atoms with van der Waals surface area (Å²) in [6.07, 6.45) is 4.67. The molecule has 3 heterocycles. The molecule has 1 fully saturated rings. The maximum absolute atomic E-state index is 13.1. The van der Waals surface area contributed by atoms with Gasteiger partial charge in [-0.1, -0.05) is 18.2 Å². The number of hydrogen-bond donors (Lipinski definition) is 0. The molecule has 172 valence electrons. The second-order valence-electron chi connectivity index (χ2n) is 8.77. The zero-order valence-electron chi connectivity index (χ0n) is 19.1. The topological polar surface area (TPSA) is 68.1 Å². The molecule has 0 aliphatic carbocycles. The fourth-order valence-electron chi connectivity index (χ4n) is 4.46. The third kappa shape index (κ3) is 5.72. The van der Waals surface area contributed by atoms with Crippen molar-refractivity contribution in [1.82, 2.24) is 19.4 Å². The number of pyridine rings is 1. The second-order valence-corrected chi connectivity index (χ2v) is 8.77. The van der Waals surface area contributed by atoms with Gasteiger partial charge in [0.2, 0.25) is 5.91 Å². The van der Waals surface area contributed by atoms with Gasteiger partial charge in [-0.3, -0.25) is 14.3 Å². The van der Waals surface area contributed by atoms with Gasteiger partial charge in [-0.05, 0) is 68.5 Å². The van der Waals surface area contributed by atoms with Crippen LogP contribution in [0.1, 0.15) is 53.4 Å². The summed E-state index contributed by atoms with van der Waals surface area (Å²) in [5, 5.41) is 0. The van der Waals surface area contributed by atoms with Crippen LogP contribution >= 0.6 is 0 Å². The molecule has 3 aromatic rings. The van der Waals surface area contributed by atoms with E-state index in [1.807, 2.05) is 24.1 Å². The van der Waals surface area contributed by atoms with E-state index in [1.165, 1.54) is 12.1 Å². The molecule has 0 bridgehead atoms. The Morgan fingerprint density at radius 2 is 1.76 bits per heavy atom. The number of carbonyl (C=O) groups excluding carboxylic acids is 1. The lowest BCUT2D eigenvalue weighted by Gasteiger charge is -2.32. The highest BCUT2D eigenvalue weighted by molar-refractivity contribution is 5.76. The molecule has 1 aliphatic rings. The van der Waals surface area contributed by atoms with Crippen LogP contribution in [0.2, 0.25) is 0 Å². The summed E-state index contributed by atoms with van der Waals surface area (Å²) in [6.45, 7) is 5.41. The maximum Gasteiger partial charge on any atom is 0.347 e. The normalized spacial score (nSPS) is 14.5. The average molecular weight is 449 g/mol. The van der Waals surface area contributed by atoms with E-state index in [1.54, 1.807) is 23.6 Å². The van der Waals surface area contributed by atoms with Gasteiger partial charge < -0.3 is 4.90 Å². The standard InChI is InChI=1S/C26H29FN4O2/c1-18-15-19(2)31(26(33)29-18)14-11-25(32)30-12-9-22(10-13-30)24-8-5-21(17-28-24)16-20-3-6-23(27)7-4-20/h3-8,15,17,22H,9-14,16H2,1-2H3. The van der Waals surface area contributed by atoms with Crippen molar-refractivity contribution in [1.29, 1.82) is 0 Å². The molecule has 0 unspecified atom stereocenters. The Morgan fingerprint density at radius 1 is 1.06 bits per heavy atom. The first-order valence-electron chi connectivity index (χ1n) is 11.4. The first-order valence-corrected chi connectivity index (χ1v) is 11.4. The predicted molar refractivity (Wildman–Crippen MR) is 125 cm³/mol. The van der Waals surface area contributed by atoms with Crippen LogP contribution in [0, 0.1) is 19.7 Å². The van der Waals surface area contributed by atoms with Gasteiger partial charge >= 0.3 is 5.69 Å². The minimum Gasteiger partial charge on any atom is -0.343 e. The molecule has 7 heteroatoms. The first-order chi connectivity index (χ1) is 15.9. The highest BCUT2D eigenvalue weighted by Crippen LogP contribution is 2.27. The van der Waals surface area contributed by atoms with Crippen molar-refractivity contribution in [3.63, 3.8) is 0 Å². The summed E-state index contributed by atoms with van der Waals surface area (Å²) >= 11 is 0. The highest BCUT2D eigenvalue weighted by atomic mass is 19.1. The van der Waals surface area contributed by atoms with Gasteiger partial charge in [-0.15, -0.1) is 0 Å². The molecule has 6 nitrogen and oxygen atoms in total. The van der Waals surface area contributed by atoms with E-state index in [0.717, 1.165) is 41.8 Å². The van der Waals surface area contributed by atoms with Crippen LogP contribution in [0.3, 0.4) is 0 Å². The van der Waals surface area contributed by atoms with Gasteiger partial charge in [0, 0.05) is 55.3 Å². The van der Waals surface area contributed by atoms with Gasteiger partial charge in [0.25, 0.3) is 0 Å². The molecule has 0 spiro atoms. The number of carbonyl (C=O) groups is 1. The minimum absolute atomic E-state index is 0.0722. The van der Waals surface area contributed by atoms with E-state index in [4.69, 9.17) is 0 Å². The molecule has 4 rings (SSSR count). The minimum atomic E-state index is -0.298. The fraction of sp³-hybridized carbons (Fsp3) is 0.385. The van der Waals surface area contributed by atoms with Crippen molar-refractivity contribution in [2.24, 2.45) is 0 Å². The summed E-state index contributed by atoms with van der Waals surface area (Å²) in [5.74, 6) is 0.177. The van der Waals surface area contributed by atoms with Crippen LogP contribution in [0.25, 0.3) is 0 Å². The van der Waals surface area contributed by atoms with Crippen molar-refractivity contribution in [3.05, 3.63) is 93.2 Å². The van der Waals surface area contributed by atoms with Crippen LogP contribution in [0.4, 0.5) is 4.39 Å². The van der Waals surface area contributed by atoms with E-state index in [-0.39, 0.29) is 17.4 Å². The summed E-state index contributed by atoms with van der Waals surface area (Å²) in [4.78, 5) is 35.3. The summed E-state index contributed by atoms with van der Waals surface area (Å²) in [7, 11) is 0. The highest BCUT2D eigenvalue weighted by Gasteiger charge is 2.24. The fourth-order valence-corrected chi connectivity index (χ4v) is 4.46. The number of nitrogens with zero attached hydrogens (tertiary/aromatic N) is 4. The number of aromatic nitrogens is 3. The van der Waals surface area contributed by atoms with Crippen LogP contribution in [0.15, 0.2) is 53.5 Å². The number of likely N-dealkylation sites (tertiary alicyclic amines) is 1. The summed E-state index contributed by atoms with van der Waals surface area (Å²) < 4.78 is 14.6.